The largest absolute Gasteiger partial charge is 0.396 e. The molecule has 2 rings (SSSR count). The van der Waals surface area contributed by atoms with Crippen molar-refractivity contribution in [3.63, 3.8) is 0 Å². The van der Waals surface area contributed by atoms with Crippen molar-refractivity contribution in [1.82, 2.24) is 19.0 Å². The number of aliphatic hydroxyl groups excluding tert-OH is 1. The van der Waals surface area contributed by atoms with E-state index in [1.54, 1.807) is 18.7 Å². The van der Waals surface area contributed by atoms with Gasteiger partial charge in [0.1, 0.15) is 4.90 Å². The van der Waals surface area contributed by atoms with E-state index in [4.69, 9.17) is 5.11 Å². The molecule has 0 spiro atoms. The van der Waals surface area contributed by atoms with Crippen LogP contribution in [0.15, 0.2) is 11.1 Å². The van der Waals surface area contributed by atoms with E-state index in [0.717, 1.165) is 0 Å². The highest BCUT2D eigenvalue weighted by Gasteiger charge is 2.34. The summed E-state index contributed by atoms with van der Waals surface area (Å²) in [6.07, 6.45) is 1.98. The van der Waals surface area contributed by atoms with Crippen LogP contribution in [-0.4, -0.2) is 71.8 Å². The molecule has 1 aromatic heterocycles. The zero-order chi connectivity index (χ0) is 14.9. The summed E-state index contributed by atoms with van der Waals surface area (Å²) in [6.45, 7) is 3.36. The van der Waals surface area contributed by atoms with Crippen molar-refractivity contribution >= 4 is 10.0 Å². The molecule has 0 aromatic carbocycles. The summed E-state index contributed by atoms with van der Waals surface area (Å²) < 4.78 is 28.4. The maximum atomic E-state index is 12.7. The highest BCUT2D eigenvalue weighted by molar-refractivity contribution is 7.89. The van der Waals surface area contributed by atoms with Crippen molar-refractivity contribution in [2.45, 2.75) is 24.3 Å². The molecule has 7 nitrogen and oxygen atoms in total. The van der Waals surface area contributed by atoms with Gasteiger partial charge in [-0.1, -0.05) is 0 Å². The molecule has 1 aliphatic heterocycles. The molecule has 20 heavy (non-hydrogen) atoms. The first-order valence-corrected chi connectivity index (χ1v) is 8.11. The molecule has 1 fully saturated rings. The first-order chi connectivity index (χ1) is 9.37. The number of piperazine rings is 1. The Kier molecular flexibility index (Phi) is 4.48. The molecule has 1 N–H and O–H groups in total. The van der Waals surface area contributed by atoms with Gasteiger partial charge in [-0.25, -0.2) is 8.42 Å². The van der Waals surface area contributed by atoms with Gasteiger partial charge in [0.15, 0.2) is 0 Å². The fourth-order valence-electron chi connectivity index (χ4n) is 2.47. The second kappa shape index (κ2) is 5.80. The molecule has 1 unspecified atom stereocenters. The third kappa shape index (κ3) is 2.73. The third-order valence-corrected chi connectivity index (χ3v) is 5.98. The smallest absolute Gasteiger partial charge is 0.246 e. The van der Waals surface area contributed by atoms with Gasteiger partial charge >= 0.3 is 0 Å². The summed E-state index contributed by atoms with van der Waals surface area (Å²) in [6, 6.07) is 0.0560. The number of aryl methyl sites for hydroxylation is 1. The molecule has 0 bridgehead atoms. The summed E-state index contributed by atoms with van der Waals surface area (Å²) >= 11 is 0. The minimum Gasteiger partial charge on any atom is -0.396 e. The number of hydrogen-bond acceptors (Lipinski definition) is 5. The minimum atomic E-state index is -3.50. The maximum absolute atomic E-state index is 12.7. The summed E-state index contributed by atoms with van der Waals surface area (Å²) in [7, 11) is 0.182. The van der Waals surface area contributed by atoms with Gasteiger partial charge in [-0.05, 0) is 20.4 Å². The van der Waals surface area contributed by atoms with Crippen molar-refractivity contribution in [1.29, 1.82) is 0 Å². The number of sulfonamides is 1. The zero-order valence-corrected chi connectivity index (χ0v) is 13.0. The number of likely N-dealkylation sites (N-methyl/N-ethyl adjacent to an activating group) is 1. The van der Waals surface area contributed by atoms with Crippen molar-refractivity contribution in [3.8, 4) is 0 Å². The molecule has 0 aliphatic carbocycles. The summed E-state index contributed by atoms with van der Waals surface area (Å²) in [5, 5.41) is 13.1. The van der Waals surface area contributed by atoms with Gasteiger partial charge in [0.2, 0.25) is 10.0 Å². The molecule has 1 saturated heterocycles. The number of aliphatic hydroxyl groups is 1. The lowest BCUT2D eigenvalue weighted by Gasteiger charge is -2.38. The lowest BCUT2D eigenvalue weighted by molar-refractivity contribution is 0.120. The Balaban J connectivity index is 2.24. The Morgan fingerprint density at radius 3 is 2.65 bits per heavy atom. The molecule has 0 radical (unpaired) electrons. The number of aromatic nitrogens is 2. The lowest BCUT2D eigenvalue weighted by atomic mass is 10.1. The van der Waals surface area contributed by atoms with E-state index in [0.29, 0.717) is 31.7 Å². The number of nitrogens with zero attached hydrogens (tertiary/aromatic N) is 4. The molecule has 1 atom stereocenters. The number of hydrogen-bond donors (Lipinski definition) is 1. The maximum Gasteiger partial charge on any atom is 0.246 e. The van der Waals surface area contributed by atoms with Crippen molar-refractivity contribution in [3.05, 3.63) is 11.9 Å². The molecule has 0 saturated carbocycles. The van der Waals surface area contributed by atoms with Crippen molar-refractivity contribution in [2.75, 3.05) is 33.3 Å². The second-order valence-electron chi connectivity index (χ2n) is 5.23. The van der Waals surface area contributed by atoms with Crippen LogP contribution in [-0.2, 0) is 17.1 Å². The Hall–Kier alpha value is -0.960. The monoisotopic (exact) mass is 302 g/mol. The molecule has 1 aromatic rings. The van der Waals surface area contributed by atoms with Crippen molar-refractivity contribution in [2.24, 2.45) is 7.05 Å². The van der Waals surface area contributed by atoms with Gasteiger partial charge < -0.3 is 10.0 Å². The van der Waals surface area contributed by atoms with Gasteiger partial charge in [-0.3, -0.25) is 4.68 Å². The van der Waals surface area contributed by atoms with Crippen LogP contribution in [0.25, 0.3) is 0 Å². The first kappa shape index (κ1) is 15.4. The third-order valence-electron chi connectivity index (χ3n) is 4.01. The SMILES string of the molecule is Cc1c(S(=O)(=O)N2CCN(C)C(CCO)C2)cnn1C. The second-order valence-corrected chi connectivity index (χ2v) is 7.13. The quantitative estimate of drug-likeness (QED) is 0.805. The van der Waals surface area contributed by atoms with Gasteiger partial charge in [0, 0.05) is 39.3 Å². The summed E-state index contributed by atoms with van der Waals surface area (Å²) in [5.74, 6) is 0. The summed E-state index contributed by atoms with van der Waals surface area (Å²) in [5.41, 5.74) is 0.641. The van der Waals surface area contributed by atoms with E-state index in [1.165, 1.54) is 10.5 Å². The van der Waals surface area contributed by atoms with Gasteiger partial charge in [-0.2, -0.15) is 9.40 Å². The summed E-state index contributed by atoms with van der Waals surface area (Å²) in [4.78, 5) is 2.37. The Bertz CT molecular complexity index is 569. The standard InChI is InChI=1S/C12H22N4O3S/c1-10-12(8-13-15(10)3)20(18,19)16-6-5-14(2)11(9-16)4-7-17/h8,11,17H,4-7,9H2,1-3H3. The normalized spacial score (nSPS) is 22.3. The minimum absolute atomic E-state index is 0.0560. The van der Waals surface area contributed by atoms with Crippen LogP contribution < -0.4 is 0 Å². The Morgan fingerprint density at radius 2 is 2.10 bits per heavy atom. The fraction of sp³-hybridized carbons (Fsp3) is 0.750. The van der Waals surface area contributed by atoms with E-state index in [-0.39, 0.29) is 17.5 Å². The van der Waals surface area contributed by atoms with Crippen LogP contribution in [0.5, 0.6) is 0 Å². The predicted molar refractivity (Wildman–Crippen MR) is 74.8 cm³/mol. The Labute approximate surface area is 119 Å². The van der Waals surface area contributed by atoms with Gasteiger partial charge in [0.25, 0.3) is 0 Å². The van der Waals surface area contributed by atoms with Crippen LogP contribution in [0, 0.1) is 6.92 Å². The Morgan fingerprint density at radius 1 is 1.40 bits per heavy atom. The van der Waals surface area contributed by atoms with Crippen LogP contribution in [0.3, 0.4) is 0 Å². The molecular weight excluding hydrogens is 280 g/mol. The van der Waals surface area contributed by atoms with Gasteiger partial charge in [0.05, 0.1) is 11.9 Å². The van der Waals surface area contributed by atoms with Crippen LogP contribution in [0.2, 0.25) is 0 Å². The molecule has 2 heterocycles. The average molecular weight is 302 g/mol. The van der Waals surface area contributed by atoms with E-state index in [9.17, 15) is 8.42 Å². The number of rotatable bonds is 4. The van der Waals surface area contributed by atoms with Crippen molar-refractivity contribution < 1.29 is 13.5 Å². The van der Waals surface area contributed by atoms with E-state index in [2.05, 4.69) is 10.00 Å². The molecule has 0 amide bonds. The molecule has 114 valence electrons. The highest BCUT2D eigenvalue weighted by atomic mass is 32.2. The van der Waals surface area contributed by atoms with E-state index < -0.39 is 10.0 Å². The van der Waals surface area contributed by atoms with Crippen LogP contribution >= 0.6 is 0 Å². The topological polar surface area (TPSA) is 78.7 Å². The highest BCUT2D eigenvalue weighted by Crippen LogP contribution is 2.22. The molecule has 8 heteroatoms. The predicted octanol–water partition coefficient (Wildman–Crippen LogP) is -0.584. The van der Waals surface area contributed by atoms with E-state index in [1.807, 2.05) is 7.05 Å². The van der Waals surface area contributed by atoms with Crippen LogP contribution in [0.1, 0.15) is 12.1 Å². The van der Waals surface area contributed by atoms with Crippen LogP contribution in [0.4, 0.5) is 0 Å². The van der Waals surface area contributed by atoms with Gasteiger partial charge in [-0.15, -0.1) is 0 Å². The molecular formula is C12H22N4O3S. The average Bonchev–Trinajstić information content (AvgIpc) is 2.73. The zero-order valence-electron chi connectivity index (χ0n) is 12.2. The first-order valence-electron chi connectivity index (χ1n) is 6.67. The van der Waals surface area contributed by atoms with E-state index >= 15 is 0 Å². The lowest BCUT2D eigenvalue weighted by Crippen LogP contribution is -2.53. The fourth-order valence-corrected chi connectivity index (χ4v) is 4.12. The molecule has 1 aliphatic rings.